The molecule has 0 radical (unpaired) electrons. The van der Waals surface area contributed by atoms with Crippen LogP contribution in [0.15, 0.2) is 54.7 Å². The number of rotatable bonds is 2. The maximum atomic E-state index is 13.6. The zero-order valence-electron chi connectivity index (χ0n) is 17.9. The van der Waals surface area contributed by atoms with Crippen LogP contribution in [0.5, 0.6) is 5.75 Å². The third kappa shape index (κ3) is 2.62. The average Bonchev–Trinajstić information content (AvgIpc) is 3.28. The van der Waals surface area contributed by atoms with E-state index >= 15 is 0 Å². The van der Waals surface area contributed by atoms with E-state index in [0.29, 0.717) is 44.7 Å². The zero-order chi connectivity index (χ0) is 21.9. The molecular formula is C26H21N3O2. The van der Waals surface area contributed by atoms with Crippen LogP contribution in [0.1, 0.15) is 42.3 Å². The molecule has 0 saturated heterocycles. The monoisotopic (exact) mass is 407 g/mol. The Morgan fingerprint density at radius 1 is 0.968 bits per heavy atom. The van der Waals surface area contributed by atoms with Crippen LogP contribution >= 0.6 is 0 Å². The minimum absolute atomic E-state index is 0.0756. The second-order valence-corrected chi connectivity index (χ2v) is 8.68. The van der Waals surface area contributed by atoms with E-state index < -0.39 is 0 Å². The molecule has 5 nitrogen and oxygen atoms in total. The van der Waals surface area contributed by atoms with Crippen LogP contribution in [-0.2, 0) is 5.54 Å². The summed E-state index contributed by atoms with van der Waals surface area (Å²) in [5.74, 6) is 0.571. The number of para-hydroxylation sites is 1. The van der Waals surface area contributed by atoms with Crippen LogP contribution in [0.25, 0.3) is 33.4 Å². The summed E-state index contributed by atoms with van der Waals surface area (Å²) < 4.78 is 7.67. The van der Waals surface area contributed by atoms with E-state index in [0.717, 1.165) is 11.1 Å². The van der Waals surface area contributed by atoms with E-state index in [1.807, 2.05) is 59.3 Å². The van der Waals surface area contributed by atoms with Gasteiger partial charge in [0.15, 0.2) is 5.78 Å². The van der Waals surface area contributed by atoms with Crippen molar-refractivity contribution in [1.29, 1.82) is 5.26 Å². The van der Waals surface area contributed by atoms with E-state index in [-0.39, 0.29) is 11.3 Å². The molecule has 0 amide bonds. The van der Waals surface area contributed by atoms with Gasteiger partial charge in [0.1, 0.15) is 17.5 Å². The van der Waals surface area contributed by atoms with Gasteiger partial charge in [0.2, 0.25) is 0 Å². The van der Waals surface area contributed by atoms with Gasteiger partial charge in [-0.3, -0.25) is 4.79 Å². The van der Waals surface area contributed by atoms with Crippen molar-refractivity contribution < 1.29 is 9.53 Å². The van der Waals surface area contributed by atoms with Crippen LogP contribution in [0.2, 0.25) is 0 Å². The third-order valence-corrected chi connectivity index (χ3v) is 5.81. The molecule has 0 fully saturated rings. The Bertz CT molecular complexity index is 1430. The minimum atomic E-state index is -0.297. The topological polar surface area (TPSA) is 67.9 Å². The number of hydrogen-bond donors (Lipinski definition) is 0. The quantitative estimate of drug-likeness (QED) is 0.385. The van der Waals surface area contributed by atoms with Gasteiger partial charge in [-0.2, -0.15) is 5.26 Å². The highest BCUT2D eigenvalue weighted by atomic mass is 16.5. The Morgan fingerprint density at radius 2 is 1.61 bits per heavy atom. The highest BCUT2D eigenvalue weighted by Gasteiger charge is 2.35. The summed E-state index contributed by atoms with van der Waals surface area (Å²) >= 11 is 0. The number of hydrogen-bond acceptors (Lipinski definition) is 4. The summed E-state index contributed by atoms with van der Waals surface area (Å²) in [6.07, 6.45) is 1.84. The fourth-order valence-electron chi connectivity index (χ4n) is 4.41. The van der Waals surface area contributed by atoms with E-state index in [2.05, 4.69) is 26.8 Å². The number of fused-ring (bicyclic) bond motifs is 4. The number of carbonyl (C=O) groups is 1. The number of pyridine rings is 1. The SMILES string of the molecule is COc1ccccc1-c1c2c(nc3c1c(C#N)cn3C(C)(C)C)-c1ccccc1C2=O. The van der Waals surface area contributed by atoms with Gasteiger partial charge in [0.05, 0.1) is 23.9 Å². The summed E-state index contributed by atoms with van der Waals surface area (Å²) in [5, 5.41) is 10.7. The molecule has 31 heavy (non-hydrogen) atoms. The lowest BCUT2D eigenvalue weighted by Gasteiger charge is -2.22. The fourth-order valence-corrected chi connectivity index (χ4v) is 4.41. The molecule has 152 valence electrons. The second-order valence-electron chi connectivity index (χ2n) is 8.68. The number of carbonyl (C=O) groups excluding carboxylic acids is 1. The Labute approximate surface area is 180 Å². The number of nitriles is 1. The van der Waals surface area contributed by atoms with Crippen molar-refractivity contribution in [2.24, 2.45) is 0 Å². The van der Waals surface area contributed by atoms with Crippen molar-refractivity contribution in [2.75, 3.05) is 7.11 Å². The second kappa shape index (κ2) is 6.55. The van der Waals surface area contributed by atoms with Gasteiger partial charge in [0.25, 0.3) is 0 Å². The predicted molar refractivity (Wildman–Crippen MR) is 120 cm³/mol. The normalized spacial score (nSPS) is 12.5. The molecule has 0 aliphatic heterocycles. The Morgan fingerprint density at radius 3 is 2.26 bits per heavy atom. The van der Waals surface area contributed by atoms with Crippen molar-refractivity contribution in [2.45, 2.75) is 26.3 Å². The Balaban J connectivity index is 2.04. The van der Waals surface area contributed by atoms with Gasteiger partial charge in [-0.25, -0.2) is 4.98 Å². The zero-order valence-corrected chi connectivity index (χ0v) is 17.9. The van der Waals surface area contributed by atoms with E-state index in [1.54, 1.807) is 7.11 Å². The number of ether oxygens (including phenoxy) is 1. The van der Waals surface area contributed by atoms with Gasteiger partial charge < -0.3 is 9.30 Å². The number of nitrogens with zero attached hydrogens (tertiary/aromatic N) is 3. The first-order valence-corrected chi connectivity index (χ1v) is 10.1. The first kappa shape index (κ1) is 19.1. The molecule has 2 aromatic heterocycles. The summed E-state index contributed by atoms with van der Waals surface area (Å²) in [6.45, 7) is 6.22. The average molecular weight is 407 g/mol. The van der Waals surface area contributed by atoms with Crippen molar-refractivity contribution in [3.63, 3.8) is 0 Å². The van der Waals surface area contributed by atoms with Crippen molar-refractivity contribution in [1.82, 2.24) is 9.55 Å². The highest BCUT2D eigenvalue weighted by molar-refractivity contribution is 6.27. The van der Waals surface area contributed by atoms with Crippen LogP contribution in [0.3, 0.4) is 0 Å². The van der Waals surface area contributed by atoms with Gasteiger partial charge in [-0.15, -0.1) is 0 Å². The molecule has 0 unspecified atom stereocenters. The smallest absolute Gasteiger partial charge is 0.196 e. The Kier molecular flexibility index (Phi) is 4.03. The summed E-state index contributed by atoms with van der Waals surface area (Å²) in [4.78, 5) is 18.5. The maximum absolute atomic E-state index is 13.6. The molecule has 1 aliphatic carbocycles. The van der Waals surface area contributed by atoms with Gasteiger partial charge >= 0.3 is 0 Å². The van der Waals surface area contributed by atoms with E-state index in [4.69, 9.17) is 9.72 Å². The third-order valence-electron chi connectivity index (χ3n) is 5.81. The molecule has 4 aromatic rings. The number of benzene rings is 2. The van der Waals surface area contributed by atoms with Crippen molar-refractivity contribution >= 4 is 16.8 Å². The molecule has 1 aliphatic rings. The van der Waals surface area contributed by atoms with Crippen LogP contribution in [0, 0.1) is 11.3 Å². The van der Waals surface area contributed by atoms with Crippen LogP contribution in [0.4, 0.5) is 0 Å². The molecule has 0 N–H and O–H groups in total. The largest absolute Gasteiger partial charge is 0.496 e. The molecule has 0 bridgehead atoms. The van der Waals surface area contributed by atoms with Crippen molar-refractivity contribution in [3.05, 3.63) is 71.4 Å². The molecule has 0 saturated carbocycles. The molecule has 0 atom stereocenters. The first-order valence-electron chi connectivity index (χ1n) is 10.1. The molecule has 2 heterocycles. The predicted octanol–water partition coefficient (Wildman–Crippen LogP) is 5.55. The van der Waals surface area contributed by atoms with Gasteiger partial charge in [-0.1, -0.05) is 42.5 Å². The highest BCUT2D eigenvalue weighted by Crippen LogP contribution is 2.47. The number of ketones is 1. The summed E-state index contributed by atoms with van der Waals surface area (Å²) in [6, 6.07) is 17.5. The fraction of sp³-hybridized carbons (Fsp3) is 0.192. The molecule has 2 aromatic carbocycles. The standard InChI is InChI=1S/C26H21N3O2/c1-26(2,3)29-14-15(13-27)20-21(18-11-7-8-12-19(18)31-4)22-23(28-25(20)29)16-9-5-6-10-17(16)24(22)30/h5-12,14H,1-4H3. The molecule has 5 heteroatoms. The maximum Gasteiger partial charge on any atom is 0.196 e. The lowest BCUT2D eigenvalue weighted by molar-refractivity contribution is 0.104. The first-order chi connectivity index (χ1) is 14.9. The molecular weight excluding hydrogens is 386 g/mol. The number of aromatic nitrogens is 2. The van der Waals surface area contributed by atoms with Crippen molar-refractivity contribution in [3.8, 4) is 34.2 Å². The van der Waals surface area contributed by atoms with E-state index in [1.165, 1.54) is 0 Å². The minimum Gasteiger partial charge on any atom is -0.496 e. The van der Waals surface area contributed by atoms with Gasteiger partial charge in [-0.05, 0) is 26.8 Å². The van der Waals surface area contributed by atoms with E-state index in [9.17, 15) is 10.1 Å². The lowest BCUT2D eigenvalue weighted by atomic mass is 9.93. The van der Waals surface area contributed by atoms with Gasteiger partial charge in [0, 0.05) is 39.4 Å². The molecule has 5 rings (SSSR count). The Hall–Kier alpha value is -3.91. The number of methoxy groups -OCH3 is 1. The lowest BCUT2D eigenvalue weighted by Crippen LogP contribution is -2.21. The van der Waals surface area contributed by atoms with Crippen LogP contribution < -0.4 is 4.74 Å². The summed E-state index contributed by atoms with van der Waals surface area (Å²) in [7, 11) is 1.61. The molecule has 0 spiro atoms. The summed E-state index contributed by atoms with van der Waals surface area (Å²) in [5.41, 5.74) is 5.00. The van der Waals surface area contributed by atoms with Crippen LogP contribution in [-0.4, -0.2) is 22.4 Å².